The first-order valence-electron chi connectivity index (χ1n) is 9.77. The lowest BCUT2D eigenvalue weighted by Gasteiger charge is -2.57. The van der Waals surface area contributed by atoms with Crippen LogP contribution in [0.3, 0.4) is 0 Å². The molecule has 136 valence electrons. The minimum atomic E-state index is -0.302. The molecule has 4 nitrogen and oxygen atoms in total. The molecule has 4 rings (SSSR count). The average molecular weight is 343 g/mol. The molecule has 1 aromatic carbocycles. The molecule has 2 aliphatic carbocycles. The van der Waals surface area contributed by atoms with Gasteiger partial charge in [-0.05, 0) is 38.2 Å². The summed E-state index contributed by atoms with van der Waals surface area (Å²) in [6.45, 7) is 4.19. The maximum Gasteiger partial charge on any atom is 0.233 e. The Balaban J connectivity index is 1.46. The molecule has 0 unspecified atom stereocenters. The Hall–Kier alpha value is -1.39. The molecule has 1 spiro atoms. The fourth-order valence-corrected chi connectivity index (χ4v) is 5.16. The molecule has 4 heteroatoms. The molecule has 1 saturated heterocycles. The highest BCUT2D eigenvalue weighted by Gasteiger charge is 2.57. The lowest BCUT2D eigenvalue weighted by Crippen LogP contribution is -2.64. The molecule has 1 aromatic rings. The summed E-state index contributed by atoms with van der Waals surface area (Å²) in [5.74, 6) is 0.293. The van der Waals surface area contributed by atoms with E-state index in [2.05, 4.69) is 12.1 Å². The normalized spacial score (nSPS) is 29.8. The Kier molecular flexibility index (Phi) is 4.37. The van der Waals surface area contributed by atoms with Crippen LogP contribution in [0.5, 0.6) is 0 Å². The van der Waals surface area contributed by atoms with Crippen LogP contribution < -0.4 is 0 Å². The van der Waals surface area contributed by atoms with E-state index in [4.69, 9.17) is 4.74 Å². The number of piperidine rings is 1. The Morgan fingerprint density at radius 1 is 1.20 bits per heavy atom. The van der Waals surface area contributed by atoms with Crippen molar-refractivity contribution in [2.24, 2.45) is 5.41 Å². The van der Waals surface area contributed by atoms with Crippen molar-refractivity contribution in [3.63, 3.8) is 0 Å². The number of rotatable bonds is 4. The Morgan fingerprint density at radius 2 is 1.88 bits per heavy atom. The van der Waals surface area contributed by atoms with Gasteiger partial charge in [0.15, 0.2) is 0 Å². The van der Waals surface area contributed by atoms with Crippen molar-refractivity contribution in [3.8, 4) is 0 Å². The quantitative estimate of drug-likeness (QED) is 0.914. The van der Waals surface area contributed by atoms with Gasteiger partial charge < -0.3 is 14.7 Å². The molecule has 1 aliphatic heterocycles. The number of nitrogens with zero attached hydrogens (tertiary/aromatic N) is 1. The summed E-state index contributed by atoms with van der Waals surface area (Å²) in [5, 5.41) is 10.4. The third-order valence-electron chi connectivity index (χ3n) is 7.03. The van der Waals surface area contributed by atoms with Crippen LogP contribution in [-0.2, 0) is 14.9 Å². The second-order valence-corrected chi connectivity index (χ2v) is 8.02. The van der Waals surface area contributed by atoms with Gasteiger partial charge in [-0.2, -0.15) is 0 Å². The maximum atomic E-state index is 13.3. The number of hydrogen-bond donors (Lipinski definition) is 1. The van der Waals surface area contributed by atoms with Crippen molar-refractivity contribution in [2.75, 3.05) is 19.7 Å². The zero-order chi connectivity index (χ0) is 17.5. The molecule has 0 aromatic heterocycles. The van der Waals surface area contributed by atoms with Gasteiger partial charge in [-0.3, -0.25) is 4.79 Å². The topological polar surface area (TPSA) is 49.8 Å². The lowest BCUT2D eigenvalue weighted by atomic mass is 9.58. The molecule has 0 bridgehead atoms. The van der Waals surface area contributed by atoms with Crippen LogP contribution in [0.1, 0.15) is 51.0 Å². The van der Waals surface area contributed by atoms with E-state index in [1.165, 1.54) is 5.56 Å². The zero-order valence-electron chi connectivity index (χ0n) is 15.1. The Labute approximate surface area is 150 Å². The van der Waals surface area contributed by atoms with Gasteiger partial charge >= 0.3 is 0 Å². The molecule has 2 atom stereocenters. The number of aliphatic hydroxyl groups is 1. The third-order valence-corrected chi connectivity index (χ3v) is 7.03. The van der Waals surface area contributed by atoms with Crippen molar-refractivity contribution < 1.29 is 14.6 Å². The second kappa shape index (κ2) is 6.40. The number of likely N-dealkylation sites (tertiary alicyclic amines) is 1. The van der Waals surface area contributed by atoms with Gasteiger partial charge in [0.1, 0.15) is 0 Å². The fraction of sp³-hybridized carbons (Fsp3) is 0.667. The number of benzene rings is 1. The van der Waals surface area contributed by atoms with E-state index in [0.717, 1.165) is 51.6 Å². The van der Waals surface area contributed by atoms with Crippen LogP contribution in [-0.4, -0.2) is 47.8 Å². The first-order chi connectivity index (χ1) is 12.1. The van der Waals surface area contributed by atoms with Gasteiger partial charge in [-0.1, -0.05) is 36.8 Å². The van der Waals surface area contributed by atoms with Gasteiger partial charge in [0.2, 0.25) is 5.91 Å². The van der Waals surface area contributed by atoms with Crippen molar-refractivity contribution in [1.29, 1.82) is 0 Å². The van der Waals surface area contributed by atoms with Crippen LogP contribution >= 0.6 is 0 Å². The van der Waals surface area contributed by atoms with Gasteiger partial charge in [-0.15, -0.1) is 0 Å². The SMILES string of the molecule is CCO[C@@H]1C[C@H](O)C12CCN(C(=O)C1(c3ccccc3)CCC1)CC2. The van der Waals surface area contributed by atoms with Gasteiger partial charge in [0.25, 0.3) is 0 Å². The first-order valence-corrected chi connectivity index (χ1v) is 9.77. The second-order valence-electron chi connectivity index (χ2n) is 8.02. The van der Waals surface area contributed by atoms with Crippen molar-refractivity contribution in [1.82, 2.24) is 4.90 Å². The standard InChI is InChI=1S/C21H29NO3/c1-2-25-18-15-17(23)21(18)11-13-22(14-12-21)19(24)20(9-6-10-20)16-7-4-3-5-8-16/h3-5,7-8,17-18,23H,2,6,9-15H2,1H3/t17-,18+/m0/s1. The van der Waals surface area contributed by atoms with Crippen LogP contribution in [0.2, 0.25) is 0 Å². The number of aliphatic hydroxyl groups excluding tert-OH is 1. The molecule has 0 radical (unpaired) electrons. The fourth-order valence-electron chi connectivity index (χ4n) is 5.16. The van der Waals surface area contributed by atoms with Gasteiger partial charge in [0.05, 0.1) is 17.6 Å². The summed E-state index contributed by atoms with van der Waals surface area (Å²) in [6.07, 6.45) is 5.40. The molecule has 25 heavy (non-hydrogen) atoms. The first kappa shape index (κ1) is 17.0. The number of carbonyl (C=O) groups is 1. The summed E-state index contributed by atoms with van der Waals surface area (Å²) in [7, 11) is 0. The highest BCUT2D eigenvalue weighted by Crippen LogP contribution is 2.52. The van der Waals surface area contributed by atoms with Crippen molar-refractivity contribution in [2.45, 2.75) is 63.1 Å². The predicted octanol–water partition coefficient (Wildman–Crippen LogP) is 2.89. The number of ether oxygens (including phenoxy) is 1. The summed E-state index contributed by atoms with van der Waals surface area (Å²) in [4.78, 5) is 15.4. The summed E-state index contributed by atoms with van der Waals surface area (Å²) in [6, 6.07) is 10.3. The van der Waals surface area contributed by atoms with Crippen LogP contribution in [0.4, 0.5) is 0 Å². The molecule has 1 N–H and O–H groups in total. The summed E-state index contributed by atoms with van der Waals surface area (Å²) in [5.41, 5.74) is 0.748. The Morgan fingerprint density at radius 3 is 2.40 bits per heavy atom. The smallest absolute Gasteiger partial charge is 0.233 e. The van der Waals surface area contributed by atoms with Crippen LogP contribution in [0.15, 0.2) is 30.3 Å². The van der Waals surface area contributed by atoms with Gasteiger partial charge in [-0.25, -0.2) is 0 Å². The Bertz CT molecular complexity index is 615. The molecule has 1 heterocycles. The molecule has 3 aliphatic rings. The molecule has 3 fully saturated rings. The van der Waals surface area contributed by atoms with E-state index in [1.807, 2.05) is 30.0 Å². The largest absolute Gasteiger partial charge is 0.392 e. The molecular weight excluding hydrogens is 314 g/mol. The van der Waals surface area contributed by atoms with E-state index >= 15 is 0 Å². The zero-order valence-corrected chi connectivity index (χ0v) is 15.1. The molecule has 2 saturated carbocycles. The highest BCUT2D eigenvalue weighted by atomic mass is 16.5. The monoisotopic (exact) mass is 343 g/mol. The maximum absolute atomic E-state index is 13.3. The number of hydrogen-bond acceptors (Lipinski definition) is 3. The van der Waals surface area contributed by atoms with Gasteiger partial charge in [0, 0.05) is 31.5 Å². The predicted molar refractivity (Wildman–Crippen MR) is 96.3 cm³/mol. The third kappa shape index (κ3) is 2.53. The van der Waals surface area contributed by atoms with Crippen molar-refractivity contribution in [3.05, 3.63) is 35.9 Å². The van der Waals surface area contributed by atoms with Crippen molar-refractivity contribution >= 4 is 5.91 Å². The lowest BCUT2D eigenvalue weighted by molar-refractivity contribution is -0.211. The minimum Gasteiger partial charge on any atom is -0.392 e. The number of amides is 1. The van der Waals surface area contributed by atoms with Crippen LogP contribution in [0, 0.1) is 5.41 Å². The van der Waals surface area contributed by atoms with E-state index in [9.17, 15) is 9.90 Å². The molecule has 1 amide bonds. The average Bonchev–Trinajstić information content (AvgIpc) is 2.62. The number of carbonyl (C=O) groups excluding carboxylic acids is 1. The van der Waals surface area contributed by atoms with Crippen LogP contribution in [0.25, 0.3) is 0 Å². The van der Waals surface area contributed by atoms with E-state index in [1.54, 1.807) is 0 Å². The molecular formula is C21H29NO3. The van der Waals surface area contributed by atoms with E-state index < -0.39 is 0 Å². The van der Waals surface area contributed by atoms with E-state index in [0.29, 0.717) is 12.5 Å². The van der Waals surface area contributed by atoms with E-state index in [-0.39, 0.29) is 23.0 Å². The summed E-state index contributed by atoms with van der Waals surface area (Å²) < 4.78 is 5.84. The highest BCUT2D eigenvalue weighted by molar-refractivity contribution is 5.89. The minimum absolute atomic E-state index is 0.119. The summed E-state index contributed by atoms with van der Waals surface area (Å²) >= 11 is 0.